The Morgan fingerprint density at radius 1 is 1.05 bits per heavy atom. The number of aromatic nitrogens is 1. The third-order valence-corrected chi connectivity index (χ3v) is 3.03. The van der Waals surface area contributed by atoms with Crippen LogP contribution >= 0.6 is 0 Å². The normalized spacial score (nSPS) is 10.3. The zero-order valence-electron chi connectivity index (χ0n) is 9.97. The van der Waals surface area contributed by atoms with Crippen LogP contribution in [-0.4, -0.2) is 4.98 Å². The van der Waals surface area contributed by atoms with Gasteiger partial charge in [-0.05, 0) is 24.3 Å². The van der Waals surface area contributed by atoms with Crippen LogP contribution in [0.4, 0.5) is 4.39 Å². The Morgan fingerprint density at radius 2 is 1.89 bits per heavy atom. The number of rotatable bonds is 1. The maximum Gasteiger partial charge on any atom is 0.132 e. The highest BCUT2D eigenvalue weighted by Crippen LogP contribution is 2.26. The third kappa shape index (κ3) is 1.94. The van der Waals surface area contributed by atoms with Gasteiger partial charge in [0.2, 0.25) is 0 Å². The molecule has 0 aliphatic carbocycles. The number of benzene rings is 2. The van der Waals surface area contributed by atoms with Gasteiger partial charge in [-0.25, -0.2) is 4.39 Å². The van der Waals surface area contributed by atoms with Gasteiger partial charge in [-0.15, -0.1) is 0 Å². The molecule has 90 valence electrons. The minimum Gasteiger partial charge on any atom is -0.256 e. The highest BCUT2D eigenvalue weighted by Gasteiger charge is 2.07. The molecule has 2 aromatic carbocycles. The van der Waals surface area contributed by atoms with E-state index in [0.29, 0.717) is 16.5 Å². The summed E-state index contributed by atoms with van der Waals surface area (Å²) in [4.78, 5) is 4.24. The summed E-state index contributed by atoms with van der Waals surface area (Å²) >= 11 is 0. The van der Waals surface area contributed by atoms with Crippen molar-refractivity contribution >= 4 is 10.9 Å². The highest BCUT2D eigenvalue weighted by atomic mass is 19.1. The average Bonchev–Trinajstić information content (AvgIpc) is 2.47. The lowest BCUT2D eigenvalue weighted by atomic mass is 10.0. The van der Waals surface area contributed by atoms with Gasteiger partial charge >= 0.3 is 0 Å². The number of fused-ring (bicyclic) bond motifs is 1. The second-order valence-electron chi connectivity index (χ2n) is 4.19. The summed E-state index contributed by atoms with van der Waals surface area (Å²) < 4.78 is 13.8. The zero-order chi connectivity index (χ0) is 13.2. The standard InChI is InChI=1S/C16H9FN2/c17-15-6-3-7-16-14(15)8-12(10-19-16)13-5-2-1-4-11(13)9-18/h1-8,10H. The van der Waals surface area contributed by atoms with Gasteiger partial charge in [-0.1, -0.05) is 24.3 Å². The molecule has 3 heteroatoms. The van der Waals surface area contributed by atoms with Gasteiger partial charge in [-0.2, -0.15) is 5.26 Å². The molecule has 0 spiro atoms. The second-order valence-corrected chi connectivity index (χ2v) is 4.19. The van der Waals surface area contributed by atoms with E-state index in [4.69, 9.17) is 5.26 Å². The SMILES string of the molecule is N#Cc1ccccc1-c1cnc2cccc(F)c2c1. The van der Waals surface area contributed by atoms with E-state index in [9.17, 15) is 4.39 Å². The van der Waals surface area contributed by atoms with Crippen LogP contribution < -0.4 is 0 Å². The monoisotopic (exact) mass is 248 g/mol. The zero-order valence-corrected chi connectivity index (χ0v) is 9.97. The summed E-state index contributed by atoms with van der Waals surface area (Å²) in [6.07, 6.45) is 1.66. The van der Waals surface area contributed by atoms with Crippen LogP contribution in [-0.2, 0) is 0 Å². The van der Waals surface area contributed by atoms with Crippen molar-refractivity contribution in [1.29, 1.82) is 5.26 Å². The number of hydrogen-bond donors (Lipinski definition) is 0. The minimum absolute atomic E-state index is 0.304. The molecule has 0 fully saturated rings. The summed E-state index contributed by atoms with van der Waals surface area (Å²) in [5.74, 6) is -0.304. The Balaban J connectivity index is 2.27. The fourth-order valence-electron chi connectivity index (χ4n) is 2.09. The first-order valence-electron chi connectivity index (χ1n) is 5.83. The van der Waals surface area contributed by atoms with E-state index >= 15 is 0 Å². The quantitative estimate of drug-likeness (QED) is 0.654. The molecule has 0 N–H and O–H groups in total. The topological polar surface area (TPSA) is 36.7 Å². The fourth-order valence-corrected chi connectivity index (χ4v) is 2.09. The molecule has 0 saturated carbocycles. The van der Waals surface area contributed by atoms with Crippen LogP contribution in [0.5, 0.6) is 0 Å². The Labute approximate surface area is 109 Å². The summed E-state index contributed by atoms with van der Waals surface area (Å²) in [6.45, 7) is 0. The van der Waals surface area contributed by atoms with Crippen molar-refractivity contribution in [2.45, 2.75) is 0 Å². The molecular formula is C16H9FN2. The molecule has 0 amide bonds. The second kappa shape index (κ2) is 4.51. The first-order chi connectivity index (χ1) is 9.29. The van der Waals surface area contributed by atoms with Crippen LogP contribution in [0, 0.1) is 17.1 Å². The smallest absolute Gasteiger partial charge is 0.132 e. The Bertz CT molecular complexity index is 803. The highest BCUT2D eigenvalue weighted by molar-refractivity contribution is 5.85. The maximum absolute atomic E-state index is 13.8. The van der Waals surface area contributed by atoms with Crippen molar-refractivity contribution in [2.75, 3.05) is 0 Å². The molecule has 0 aliphatic rings. The first-order valence-corrected chi connectivity index (χ1v) is 5.83. The van der Waals surface area contributed by atoms with Crippen molar-refractivity contribution in [1.82, 2.24) is 4.98 Å². The van der Waals surface area contributed by atoms with Crippen molar-refractivity contribution in [3.8, 4) is 17.2 Å². The van der Waals surface area contributed by atoms with Crippen LogP contribution in [0.25, 0.3) is 22.0 Å². The summed E-state index contributed by atoms with van der Waals surface area (Å²) in [6, 6.07) is 15.9. The van der Waals surface area contributed by atoms with Gasteiger partial charge < -0.3 is 0 Å². The van der Waals surface area contributed by atoms with Crippen LogP contribution in [0.3, 0.4) is 0 Å². The molecule has 0 saturated heterocycles. The van der Waals surface area contributed by atoms with E-state index in [2.05, 4.69) is 11.1 Å². The van der Waals surface area contributed by atoms with E-state index in [-0.39, 0.29) is 5.82 Å². The van der Waals surface area contributed by atoms with E-state index in [1.807, 2.05) is 12.1 Å². The number of halogens is 1. The molecular weight excluding hydrogens is 239 g/mol. The molecule has 0 unspecified atom stereocenters. The molecule has 3 aromatic rings. The van der Waals surface area contributed by atoms with Gasteiger partial charge in [0.15, 0.2) is 0 Å². The molecule has 0 aliphatic heterocycles. The predicted molar refractivity (Wildman–Crippen MR) is 71.9 cm³/mol. The number of hydrogen-bond acceptors (Lipinski definition) is 2. The van der Waals surface area contributed by atoms with Gasteiger partial charge in [-0.3, -0.25) is 4.98 Å². The summed E-state index contributed by atoms with van der Waals surface area (Å²) in [5, 5.41) is 9.57. The molecule has 19 heavy (non-hydrogen) atoms. The first kappa shape index (κ1) is 11.4. The van der Waals surface area contributed by atoms with Gasteiger partial charge in [0.1, 0.15) is 5.82 Å². The molecule has 3 rings (SSSR count). The number of pyridine rings is 1. The Hall–Kier alpha value is -2.73. The molecule has 1 heterocycles. The van der Waals surface area contributed by atoms with Crippen molar-refractivity contribution < 1.29 is 4.39 Å². The lowest BCUT2D eigenvalue weighted by molar-refractivity contribution is 0.639. The summed E-state index contributed by atoms with van der Waals surface area (Å²) in [7, 11) is 0. The third-order valence-electron chi connectivity index (χ3n) is 3.03. The van der Waals surface area contributed by atoms with Crippen molar-refractivity contribution in [2.24, 2.45) is 0 Å². The fraction of sp³-hybridized carbons (Fsp3) is 0. The van der Waals surface area contributed by atoms with E-state index < -0.39 is 0 Å². The van der Waals surface area contributed by atoms with Crippen LogP contribution in [0.2, 0.25) is 0 Å². The maximum atomic E-state index is 13.8. The minimum atomic E-state index is -0.304. The molecule has 0 radical (unpaired) electrons. The van der Waals surface area contributed by atoms with Gasteiger partial charge in [0, 0.05) is 22.7 Å². The van der Waals surface area contributed by atoms with E-state index in [0.717, 1.165) is 11.1 Å². The van der Waals surface area contributed by atoms with E-state index in [1.165, 1.54) is 6.07 Å². The average molecular weight is 248 g/mol. The lowest BCUT2D eigenvalue weighted by Crippen LogP contribution is -1.88. The molecule has 0 bridgehead atoms. The predicted octanol–water partition coefficient (Wildman–Crippen LogP) is 3.91. The van der Waals surface area contributed by atoms with Gasteiger partial charge in [0.25, 0.3) is 0 Å². The molecule has 1 aromatic heterocycles. The van der Waals surface area contributed by atoms with Crippen molar-refractivity contribution in [3.63, 3.8) is 0 Å². The summed E-state index contributed by atoms with van der Waals surface area (Å²) in [5.41, 5.74) is 2.68. The largest absolute Gasteiger partial charge is 0.256 e. The molecule has 2 nitrogen and oxygen atoms in total. The van der Waals surface area contributed by atoms with Crippen LogP contribution in [0.15, 0.2) is 54.7 Å². The number of nitrogens with zero attached hydrogens (tertiary/aromatic N) is 2. The Morgan fingerprint density at radius 3 is 2.74 bits per heavy atom. The lowest BCUT2D eigenvalue weighted by Gasteiger charge is -2.05. The Kier molecular flexibility index (Phi) is 2.70. The number of nitriles is 1. The van der Waals surface area contributed by atoms with Gasteiger partial charge in [0.05, 0.1) is 17.1 Å². The van der Waals surface area contributed by atoms with Crippen LogP contribution in [0.1, 0.15) is 5.56 Å². The van der Waals surface area contributed by atoms with E-state index in [1.54, 1.807) is 36.5 Å². The van der Waals surface area contributed by atoms with Crippen molar-refractivity contribution in [3.05, 3.63) is 66.1 Å². The molecule has 0 atom stereocenters.